The van der Waals surface area contributed by atoms with Crippen molar-refractivity contribution in [1.82, 2.24) is 5.32 Å². The molecule has 0 aromatic heterocycles. The summed E-state index contributed by atoms with van der Waals surface area (Å²) in [4.78, 5) is 0. The maximum absolute atomic E-state index is 5.99. The number of hydrogen-bond acceptors (Lipinski definition) is 5. The van der Waals surface area contributed by atoms with Crippen molar-refractivity contribution in [1.29, 1.82) is 0 Å². The van der Waals surface area contributed by atoms with E-state index in [0.29, 0.717) is 17.2 Å². The highest BCUT2D eigenvalue weighted by molar-refractivity contribution is 5.57. The van der Waals surface area contributed by atoms with Crippen molar-refractivity contribution >= 4 is 0 Å². The van der Waals surface area contributed by atoms with Crippen molar-refractivity contribution in [2.24, 2.45) is 0 Å². The van der Waals surface area contributed by atoms with Gasteiger partial charge in [-0.3, -0.25) is 0 Å². The molecule has 21 heavy (non-hydrogen) atoms. The molecular weight excluding hydrogens is 270 g/mol. The maximum atomic E-state index is 5.99. The highest BCUT2D eigenvalue weighted by atomic mass is 16.5. The molecule has 5 heteroatoms. The number of benzene rings is 1. The van der Waals surface area contributed by atoms with Gasteiger partial charge in [-0.25, -0.2) is 0 Å². The van der Waals surface area contributed by atoms with E-state index in [2.05, 4.69) is 12.2 Å². The van der Waals surface area contributed by atoms with Gasteiger partial charge in [-0.15, -0.1) is 0 Å². The smallest absolute Gasteiger partial charge is 0.203 e. The Kier molecular flexibility index (Phi) is 4.96. The molecule has 1 heterocycles. The Morgan fingerprint density at radius 1 is 1.14 bits per heavy atom. The first-order valence-corrected chi connectivity index (χ1v) is 7.21. The monoisotopic (exact) mass is 295 g/mol. The van der Waals surface area contributed by atoms with Crippen LogP contribution in [0.25, 0.3) is 0 Å². The standard InChI is InChI=1S/C16H25NO4/c1-16(9-6-10-21-16)15(17-2)11-7-8-12(18-3)14(20-5)13(11)19-4/h7-8,15,17H,6,9-10H2,1-5H3. The molecule has 1 N–H and O–H groups in total. The largest absolute Gasteiger partial charge is 0.493 e. The summed E-state index contributed by atoms with van der Waals surface area (Å²) in [5.41, 5.74) is 0.767. The quantitative estimate of drug-likeness (QED) is 0.874. The minimum atomic E-state index is -0.248. The maximum Gasteiger partial charge on any atom is 0.203 e. The summed E-state index contributed by atoms with van der Waals surface area (Å²) in [6.07, 6.45) is 2.08. The zero-order valence-electron chi connectivity index (χ0n) is 13.5. The second kappa shape index (κ2) is 6.54. The number of rotatable bonds is 6. The average molecular weight is 295 g/mol. The molecule has 0 radical (unpaired) electrons. The highest BCUT2D eigenvalue weighted by Gasteiger charge is 2.40. The number of ether oxygens (including phenoxy) is 4. The van der Waals surface area contributed by atoms with Gasteiger partial charge in [0.15, 0.2) is 11.5 Å². The Hall–Kier alpha value is -1.46. The predicted octanol–water partition coefficient (Wildman–Crippen LogP) is 2.54. The van der Waals surface area contributed by atoms with E-state index in [1.807, 2.05) is 19.2 Å². The molecule has 1 saturated heterocycles. The first-order chi connectivity index (χ1) is 10.1. The Labute approximate surface area is 126 Å². The van der Waals surface area contributed by atoms with Gasteiger partial charge >= 0.3 is 0 Å². The van der Waals surface area contributed by atoms with Crippen molar-refractivity contribution in [3.05, 3.63) is 17.7 Å². The summed E-state index contributed by atoms with van der Waals surface area (Å²) in [6, 6.07) is 3.93. The summed E-state index contributed by atoms with van der Waals surface area (Å²) in [7, 11) is 6.82. The van der Waals surface area contributed by atoms with E-state index in [1.165, 1.54) is 0 Å². The minimum absolute atomic E-state index is 0.0229. The van der Waals surface area contributed by atoms with Crippen molar-refractivity contribution in [2.75, 3.05) is 35.0 Å². The lowest BCUT2D eigenvalue weighted by atomic mass is 9.87. The summed E-state index contributed by atoms with van der Waals surface area (Å²) in [5, 5.41) is 3.36. The molecule has 5 nitrogen and oxygen atoms in total. The zero-order chi connectivity index (χ0) is 15.5. The van der Waals surface area contributed by atoms with E-state index in [-0.39, 0.29) is 11.6 Å². The van der Waals surface area contributed by atoms with Crippen molar-refractivity contribution in [3.8, 4) is 17.2 Å². The van der Waals surface area contributed by atoms with Gasteiger partial charge in [0.2, 0.25) is 5.75 Å². The number of likely N-dealkylation sites (N-methyl/N-ethyl adjacent to an activating group) is 1. The molecule has 2 unspecified atom stereocenters. The van der Waals surface area contributed by atoms with Gasteiger partial charge in [0, 0.05) is 12.2 Å². The third-order valence-corrected chi connectivity index (χ3v) is 4.19. The van der Waals surface area contributed by atoms with Crippen molar-refractivity contribution in [2.45, 2.75) is 31.4 Å². The lowest BCUT2D eigenvalue weighted by Crippen LogP contribution is -2.39. The molecule has 1 aliphatic rings. The van der Waals surface area contributed by atoms with Crippen LogP contribution in [0.1, 0.15) is 31.4 Å². The van der Waals surface area contributed by atoms with Crippen LogP contribution in [-0.4, -0.2) is 40.6 Å². The molecule has 2 atom stereocenters. The summed E-state index contributed by atoms with van der Waals surface area (Å²) in [6.45, 7) is 2.93. The van der Waals surface area contributed by atoms with Crippen LogP contribution in [0.3, 0.4) is 0 Å². The van der Waals surface area contributed by atoms with E-state index < -0.39 is 0 Å². The number of nitrogens with one attached hydrogen (secondary N) is 1. The van der Waals surface area contributed by atoms with Gasteiger partial charge in [-0.05, 0) is 38.9 Å². The molecule has 0 spiro atoms. The molecule has 1 aromatic carbocycles. The SMILES string of the molecule is CNC(c1ccc(OC)c(OC)c1OC)C1(C)CCCO1. The van der Waals surface area contributed by atoms with Gasteiger partial charge < -0.3 is 24.3 Å². The van der Waals surface area contributed by atoms with E-state index in [9.17, 15) is 0 Å². The lowest BCUT2D eigenvalue weighted by Gasteiger charge is -2.34. The Bertz CT molecular complexity index is 483. The topological polar surface area (TPSA) is 49.0 Å². The van der Waals surface area contributed by atoms with E-state index in [4.69, 9.17) is 18.9 Å². The molecule has 0 aliphatic carbocycles. The third-order valence-electron chi connectivity index (χ3n) is 4.19. The van der Waals surface area contributed by atoms with Gasteiger partial charge in [0.05, 0.1) is 33.0 Å². The van der Waals surface area contributed by atoms with Gasteiger partial charge in [-0.2, -0.15) is 0 Å². The van der Waals surface area contributed by atoms with Crippen molar-refractivity contribution < 1.29 is 18.9 Å². The van der Waals surface area contributed by atoms with Crippen molar-refractivity contribution in [3.63, 3.8) is 0 Å². The molecule has 1 fully saturated rings. The lowest BCUT2D eigenvalue weighted by molar-refractivity contribution is -0.0111. The molecule has 2 rings (SSSR count). The van der Waals surface area contributed by atoms with E-state index in [0.717, 1.165) is 25.0 Å². The Morgan fingerprint density at radius 3 is 2.33 bits per heavy atom. The fourth-order valence-electron chi connectivity index (χ4n) is 3.17. The van der Waals surface area contributed by atoms with E-state index in [1.54, 1.807) is 21.3 Å². The summed E-state index contributed by atoms with van der Waals surface area (Å²) < 4.78 is 22.4. The number of methoxy groups -OCH3 is 3. The van der Waals surface area contributed by atoms with E-state index >= 15 is 0 Å². The minimum Gasteiger partial charge on any atom is -0.493 e. The Morgan fingerprint density at radius 2 is 1.86 bits per heavy atom. The van der Waals surface area contributed by atoms with Gasteiger partial charge in [0.25, 0.3) is 0 Å². The van der Waals surface area contributed by atoms with Gasteiger partial charge in [-0.1, -0.05) is 0 Å². The van der Waals surface area contributed by atoms with Crippen LogP contribution in [0, 0.1) is 0 Å². The second-order valence-corrected chi connectivity index (χ2v) is 5.41. The predicted molar refractivity (Wildman–Crippen MR) is 81.5 cm³/mol. The van der Waals surface area contributed by atoms with Gasteiger partial charge in [0.1, 0.15) is 0 Å². The van der Waals surface area contributed by atoms with Crippen LogP contribution < -0.4 is 19.5 Å². The molecular formula is C16H25NO4. The van der Waals surface area contributed by atoms with Crippen LogP contribution in [0.5, 0.6) is 17.2 Å². The molecule has 0 amide bonds. The Balaban J connectivity index is 2.50. The molecule has 1 aliphatic heterocycles. The van der Waals surface area contributed by atoms with Crippen LogP contribution in [0.2, 0.25) is 0 Å². The first-order valence-electron chi connectivity index (χ1n) is 7.21. The average Bonchev–Trinajstić information content (AvgIpc) is 2.94. The normalized spacial score (nSPS) is 22.9. The van der Waals surface area contributed by atoms with Crippen LogP contribution in [0.4, 0.5) is 0 Å². The van der Waals surface area contributed by atoms with Crippen LogP contribution >= 0.6 is 0 Å². The highest BCUT2D eigenvalue weighted by Crippen LogP contribution is 2.46. The fourth-order valence-corrected chi connectivity index (χ4v) is 3.17. The summed E-state index contributed by atoms with van der Waals surface area (Å²) in [5.74, 6) is 1.96. The molecule has 1 aromatic rings. The van der Waals surface area contributed by atoms with Crippen LogP contribution in [0.15, 0.2) is 12.1 Å². The molecule has 0 bridgehead atoms. The van der Waals surface area contributed by atoms with Crippen LogP contribution in [-0.2, 0) is 4.74 Å². The second-order valence-electron chi connectivity index (χ2n) is 5.41. The molecule has 118 valence electrons. The number of hydrogen-bond donors (Lipinski definition) is 1. The zero-order valence-corrected chi connectivity index (χ0v) is 13.5. The third kappa shape index (κ3) is 2.80. The molecule has 0 saturated carbocycles. The fraction of sp³-hybridized carbons (Fsp3) is 0.625. The first kappa shape index (κ1) is 15.9. The summed E-state index contributed by atoms with van der Waals surface area (Å²) >= 11 is 0.